The van der Waals surface area contributed by atoms with Crippen molar-refractivity contribution in [3.8, 4) is 11.5 Å². The van der Waals surface area contributed by atoms with Crippen molar-refractivity contribution in [2.75, 3.05) is 7.11 Å². The van der Waals surface area contributed by atoms with E-state index in [-0.39, 0.29) is 5.75 Å². The fraction of sp³-hybridized carbons (Fsp3) is 0.231. The lowest BCUT2D eigenvalue weighted by atomic mass is 10.2. The van der Waals surface area contributed by atoms with Crippen molar-refractivity contribution in [3.63, 3.8) is 0 Å². The molecule has 1 heterocycles. The Morgan fingerprint density at radius 3 is 2.82 bits per heavy atom. The number of furan rings is 1. The van der Waals surface area contributed by atoms with Crippen LogP contribution >= 0.6 is 0 Å². The number of hydrogen-bond acceptors (Lipinski definition) is 4. The summed E-state index contributed by atoms with van der Waals surface area (Å²) in [5.41, 5.74) is 0.831. The topological polar surface area (TPSA) is 54.6 Å². The predicted octanol–water partition coefficient (Wildman–Crippen LogP) is 2.28. The van der Waals surface area contributed by atoms with Gasteiger partial charge in [-0.15, -0.1) is 0 Å². The third-order valence-corrected chi connectivity index (χ3v) is 2.49. The standard InChI is InChI=1S/C13H15NO3/c1-16-11-5-4-10(13(15)7-11)8-14-9-12-3-2-6-17-12/h2-7,14-15H,8-9H2,1H3. The molecule has 0 unspecified atom stereocenters. The number of phenolic OH excluding ortho intramolecular Hbond substituents is 1. The van der Waals surface area contributed by atoms with Gasteiger partial charge < -0.3 is 19.6 Å². The number of nitrogens with one attached hydrogen (secondary N) is 1. The van der Waals surface area contributed by atoms with Gasteiger partial charge in [0.05, 0.1) is 19.9 Å². The molecule has 17 heavy (non-hydrogen) atoms. The van der Waals surface area contributed by atoms with E-state index in [0.717, 1.165) is 11.3 Å². The van der Waals surface area contributed by atoms with Gasteiger partial charge in [-0.3, -0.25) is 0 Å². The number of aromatic hydroxyl groups is 1. The van der Waals surface area contributed by atoms with Crippen LogP contribution in [0.1, 0.15) is 11.3 Å². The maximum absolute atomic E-state index is 9.74. The molecule has 0 atom stereocenters. The third kappa shape index (κ3) is 3.01. The van der Waals surface area contributed by atoms with Crippen molar-refractivity contribution < 1.29 is 14.3 Å². The van der Waals surface area contributed by atoms with E-state index in [1.807, 2.05) is 24.3 Å². The van der Waals surface area contributed by atoms with Gasteiger partial charge >= 0.3 is 0 Å². The van der Waals surface area contributed by atoms with Crippen LogP contribution in [0.25, 0.3) is 0 Å². The summed E-state index contributed by atoms with van der Waals surface area (Å²) in [6.45, 7) is 1.22. The highest BCUT2D eigenvalue weighted by Gasteiger charge is 2.03. The normalized spacial score (nSPS) is 10.4. The first-order valence-corrected chi connectivity index (χ1v) is 5.38. The highest BCUT2D eigenvalue weighted by atomic mass is 16.5. The molecule has 2 N–H and O–H groups in total. The molecule has 4 heteroatoms. The first-order valence-electron chi connectivity index (χ1n) is 5.38. The molecule has 0 radical (unpaired) electrons. The number of methoxy groups -OCH3 is 1. The Labute approximate surface area is 99.8 Å². The van der Waals surface area contributed by atoms with Crippen molar-refractivity contribution in [2.45, 2.75) is 13.1 Å². The Bertz CT molecular complexity index is 466. The Kier molecular flexibility index (Phi) is 3.67. The van der Waals surface area contributed by atoms with Gasteiger partial charge in [0.15, 0.2) is 0 Å². The Balaban J connectivity index is 1.90. The van der Waals surface area contributed by atoms with Crippen molar-refractivity contribution in [1.82, 2.24) is 5.32 Å². The molecule has 0 aliphatic rings. The molecular weight excluding hydrogens is 218 g/mol. The van der Waals surface area contributed by atoms with Crippen LogP contribution < -0.4 is 10.1 Å². The average Bonchev–Trinajstić information content (AvgIpc) is 2.84. The SMILES string of the molecule is COc1ccc(CNCc2ccco2)c(O)c1. The predicted molar refractivity (Wildman–Crippen MR) is 63.9 cm³/mol. The maximum atomic E-state index is 9.74. The fourth-order valence-corrected chi connectivity index (χ4v) is 1.55. The van der Waals surface area contributed by atoms with Crippen LogP contribution in [0.4, 0.5) is 0 Å². The summed E-state index contributed by atoms with van der Waals surface area (Å²) in [6, 6.07) is 9.01. The molecule has 0 aliphatic carbocycles. The monoisotopic (exact) mass is 233 g/mol. The van der Waals surface area contributed by atoms with Crippen molar-refractivity contribution in [1.29, 1.82) is 0 Å². The van der Waals surface area contributed by atoms with Crippen LogP contribution in [0.15, 0.2) is 41.0 Å². The van der Waals surface area contributed by atoms with Crippen LogP contribution in [0.3, 0.4) is 0 Å². The molecule has 0 amide bonds. The molecule has 2 rings (SSSR count). The summed E-state index contributed by atoms with van der Waals surface area (Å²) in [6.07, 6.45) is 1.64. The van der Waals surface area contributed by atoms with Crippen LogP contribution in [0.2, 0.25) is 0 Å². The summed E-state index contributed by atoms with van der Waals surface area (Å²) in [5, 5.41) is 12.9. The van der Waals surface area contributed by atoms with E-state index in [4.69, 9.17) is 9.15 Å². The zero-order valence-corrected chi connectivity index (χ0v) is 9.64. The van der Waals surface area contributed by atoms with Gasteiger partial charge in [0.25, 0.3) is 0 Å². The summed E-state index contributed by atoms with van der Waals surface area (Å²) in [7, 11) is 1.57. The van der Waals surface area contributed by atoms with Gasteiger partial charge in [-0.1, -0.05) is 6.07 Å². The van der Waals surface area contributed by atoms with E-state index < -0.39 is 0 Å². The molecule has 0 fully saturated rings. The second-order valence-electron chi connectivity index (χ2n) is 3.68. The minimum Gasteiger partial charge on any atom is -0.507 e. The van der Waals surface area contributed by atoms with E-state index in [9.17, 15) is 5.11 Å². The molecule has 0 spiro atoms. The van der Waals surface area contributed by atoms with E-state index in [2.05, 4.69) is 5.32 Å². The zero-order valence-electron chi connectivity index (χ0n) is 9.64. The molecule has 4 nitrogen and oxygen atoms in total. The summed E-state index contributed by atoms with van der Waals surface area (Å²) >= 11 is 0. The molecule has 1 aromatic heterocycles. The minimum absolute atomic E-state index is 0.233. The molecule has 1 aromatic carbocycles. The summed E-state index contributed by atoms with van der Waals surface area (Å²) < 4.78 is 10.2. The van der Waals surface area contributed by atoms with E-state index in [0.29, 0.717) is 18.8 Å². The lowest BCUT2D eigenvalue weighted by molar-refractivity contribution is 0.405. The molecule has 2 aromatic rings. The maximum Gasteiger partial charge on any atom is 0.123 e. The molecule has 0 saturated heterocycles. The quantitative estimate of drug-likeness (QED) is 0.832. The highest BCUT2D eigenvalue weighted by molar-refractivity contribution is 5.39. The van der Waals surface area contributed by atoms with Gasteiger partial charge in [0, 0.05) is 18.2 Å². The van der Waals surface area contributed by atoms with Gasteiger partial charge in [-0.25, -0.2) is 0 Å². The third-order valence-electron chi connectivity index (χ3n) is 2.49. The van der Waals surface area contributed by atoms with Crippen molar-refractivity contribution in [3.05, 3.63) is 47.9 Å². The van der Waals surface area contributed by atoms with Gasteiger partial charge in [-0.05, 0) is 18.2 Å². The second kappa shape index (κ2) is 5.41. The largest absolute Gasteiger partial charge is 0.507 e. The summed E-state index contributed by atoms with van der Waals surface area (Å²) in [4.78, 5) is 0. The van der Waals surface area contributed by atoms with E-state index in [1.165, 1.54) is 0 Å². The molecule has 0 bridgehead atoms. The Morgan fingerprint density at radius 2 is 2.18 bits per heavy atom. The van der Waals surface area contributed by atoms with Gasteiger partial charge in [0.1, 0.15) is 17.3 Å². The van der Waals surface area contributed by atoms with Crippen LogP contribution in [0, 0.1) is 0 Å². The second-order valence-corrected chi connectivity index (χ2v) is 3.68. The van der Waals surface area contributed by atoms with Crippen LogP contribution in [-0.4, -0.2) is 12.2 Å². The lowest BCUT2D eigenvalue weighted by Gasteiger charge is -2.07. The van der Waals surface area contributed by atoms with Crippen LogP contribution in [-0.2, 0) is 13.1 Å². The number of phenols is 1. The first kappa shape index (κ1) is 11.5. The molecular formula is C13H15NO3. The van der Waals surface area contributed by atoms with Crippen molar-refractivity contribution >= 4 is 0 Å². The Morgan fingerprint density at radius 1 is 1.29 bits per heavy atom. The van der Waals surface area contributed by atoms with E-state index in [1.54, 1.807) is 19.4 Å². The molecule has 0 saturated carbocycles. The van der Waals surface area contributed by atoms with E-state index >= 15 is 0 Å². The smallest absolute Gasteiger partial charge is 0.123 e. The van der Waals surface area contributed by atoms with Gasteiger partial charge in [-0.2, -0.15) is 0 Å². The Hall–Kier alpha value is -1.94. The number of benzene rings is 1. The minimum atomic E-state index is 0.233. The summed E-state index contributed by atoms with van der Waals surface area (Å²) in [5.74, 6) is 1.76. The fourth-order valence-electron chi connectivity index (χ4n) is 1.55. The van der Waals surface area contributed by atoms with Gasteiger partial charge in [0.2, 0.25) is 0 Å². The number of ether oxygens (including phenoxy) is 1. The average molecular weight is 233 g/mol. The number of hydrogen-bond donors (Lipinski definition) is 2. The van der Waals surface area contributed by atoms with Crippen LogP contribution in [0.5, 0.6) is 11.5 Å². The zero-order chi connectivity index (χ0) is 12.1. The molecule has 0 aliphatic heterocycles. The first-order chi connectivity index (χ1) is 8.29. The number of rotatable bonds is 5. The van der Waals surface area contributed by atoms with Crippen molar-refractivity contribution in [2.24, 2.45) is 0 Å². The lowest BCUT2D eigenvalue weighted by Crippen LogP contribution is -2.12. The molecule has 90 valence electrons. The highest BCUT2D eigenvalue weighted by Crippen LogP contribution is 2.23.